The van der Waals surface area contributed by atoms with Crippen molar-refractivity contribution in [3.63, 3.8) is 0 Å². The van der Waals surface area contributed by atoms with Crippen LogP contribution in [0.25, 0.3) is 5.69 Å². The molecule has 2 rings (SSSR count). The van der Waals surface area contributed by atoms with Gasteiger partial charge in [-0.25, -0.2) is 9.07 Å². The summed E-state index contributed by atoms with van der Waals surface area (Å²) in [5.74, 6) is -0.830. The molecule has 0 unspecified atom stereocenters. The first-order chi connectivity index (χ1) is 9.45. The number of hydrogen-bond acceptors (Lipinski definition) is 3. The molecule has 1 heterocycles. The molecule has 4 nitrogen and oxygen atoms in total. The summed E-state index contributed by atoms with van der Waals surface area (Å²) in [4.78, 5) is 11.4. The number of esters is 1. The van der Waals surface area contributed by atoms with Gasteiger partial charge in [0.15, 0.2) is 0 Å². The molecule has 0 aliphatic carbocycles. The summed E-state index contributed by atoms with van der Waals surface area (Å²) in [6.45, 7) is 3.53. The third-order valence-electron chi connectivity index (χ3n) is 3.14. The van der Waals surface area contributed by atoms with Crippen LogP contribution in [0.1, 0.15) is 17.0 Å². The van der Waals surface area contributed by atoms with Crippen molar-refractivity contribution in [3.05, 3.63) is 46.0 Å². The number of para-hydroxylation sites is 1. The molecule has 0 spiro atoms. The third-order valence-corrected chi connectivity index (χ3v) is 3.44. The average molecular weight is 297 g/mol. The van der Waals surface area contributed by atoms with E-state index in [0.29, 0.717) is 11.4 Å². The van der Waals surface area contributed by atoms with Crippen molar-refractivity contribution in [1.29, 1.82) is 0 Å². The van der Waals surface area contributed by atoms with Gasteiger partial charge in [0, 0.05) is 11.3 Å². The zero-order valence-electron chi connectivity index (χ0n) is 11.4. The Morgan fingerprint density at radius 1 is 1.45 bits per heavy atom. The first-order valence-electron chi connectivity index (χ1n) is 6.02. The van der Waals surface area contributed by atoms with Crippen LogP contribution in [0.3, 0.4) is 0 Å². The Kier molecular flexibility index (Phi) is 4.09. The number of benzene rings is 1. The lowest BCUT2D eigenvalue weighted by molar-refractivity contribution is -0.139. The first-order valence-corrected chi connectivity index (χ1v) is 6.39. The standard InChI is InChI=1S/C14H14ClFN2O2/c1-8-10(7-13(19)20-3)9(2)18(17-8)14-11(15)5-4-6-12(14)16/h4-6H,7H2,1-3H3. The zero-order chi connectivity index (χ0) is 14.9. The van der Waals surface area contributed by atoms with Gasteiger partial charge in [-0.3, -0.25) is 4.79 Å². The van der Waals surface area contributed by atoms with Crippen LogP contribution in [0.2, 0.25) is 5.02 Å². The molecule has 0 saturated heterocycles. The summed E-state index contributed by atoms with van der Waals surface area (Å²) < 4.78 is 20.0. The zero-order valence-corrected chi connectivity index (χ0v) is 12.2. The van der Waals surface area contributed by atoms with E-state index in [2.05, 4.69) is 9.84 Å². The Hall–Kier alpha value is -1.88. The molecule has 1 aromatic heterocycles. The van der Waals surface area contributed by atoms with E-state index >= 15 is 0 Å². The number of nitrogens with zero attached hydrogens (tertiary/aromatic N) is 2. The summed E-state index contributed by atoms with van der Waals surface area (Å²) in [5, 5.41) is 4.54. The second kappa shape index (κ2) is 5.63. The van der Waals surface area contributed by atoms with E-state index in [-0.39, 0.29) is 23.1 Å². The van der Waals surface area contributed by atoms with Gasteiger partial charge in [-0.2, -0.15) is 5.10 Å². The van der Waals surface area contributed by atoms with Gasteiger partial charge in [-0.05, 0) is 26.0 Å². The molecule has 2 aromatic rings. The number of carbonyl (C=O) groups is 1. The fourth-order valence-corrected chi connectivity index (χ4v) is 2.30. The topological polar surface area (TPSA) is 44.1 Å². The van der Waals surface area contributed by atoms with Crippen LogP contribution in [-0.2, 0) is 16.0 Å². The van der Waals surface area contributed by atoms with Crippen molar-refractivity contribution in [1.82, 2.24) is 9.78 Å². The lowest BCUT2D eigenvalue weighted by Crippen LogP contribution is -2.07. The quantitative estimate of drug-likeness (QED) is 0.818. The van der Waals surface area contributed by atoms with Gasteiger partial charge in [0.05, 0.1) is 24.2 Å². The molecule has 106 valence electrons. The van der Waals surface area contributed by atoms with E-state index in [4.69, 9.17) is 11.6 Å². The third kappa shape index (κ3) is 2.54. The summed E-state index contributed by atoms with van der Waals surface area (Å²) in [5.41, 5.74) is 2.22. The minimum absolute atomic E-state index is 0.0975. The van der Waals surface area contributed by atoms with Crippen molar-refractivity contribution >= 4 is 17.6 Å². The fourth-order valence-electron chi connectivity index (χ4n) is 2.06. The molecule has 0 aliphatic rings. The van der Waals surface area contributed by atoms with E-state index < -0.39 is 5.82 Å². The Morgan fingerprint density at radius 3 is 2.75 bits per heavy atom. The number of hydrogen-bond donors (Lipinski definition) is 0. The second-order valence-electron chi connectivity index (χ2n) is 4.38. The van der Waals surface area contributed by atoms with Gasteiger partial charge in [0.2, 0.25) is 0 Å². The van der Waals surface area contributed by atoms with Crippen molar-refractivity contribution in [2.45, 2.75) is 20.3 Å². The van der Waals surface area contributed by atoms with Crippen molar-refractivity contribution < 1.29 is 13.9 Å². The lowest BCUT2D eigenvalue weighted by atomic mass is 10.1. The molecule has 0 amide bonds. The van der Waals surface area contributed by atoms with E-state index in [1.807, 2.05) is 0 Å². The number of rotatable bonds is 3. The van der Waals surface area contributed by atoms with Crippen molar-refractivity contribution in [3.8, 4) is 5.69 Å². The number of methoxy groups -OCH3 is 1. The van der Waals surface area contributed by atoms with Crippen LogP contribution in [0, 0.1) is 19.7 Å². The summed E-state index contributed by atoms with van der Waals surface area (Å²) >= 11 is 6.04. The maximum atomic E-state index is 13.9. The Balaban J connectivity index is 2.55. The second-order valence-corrected chi connectivity index (χ2v) is 4.79. The minimum Gasteiger partial charge on any atom is -0.469 e. The molecular weight excluding hydrogens is 283 g/mol. The predicted octanol–water partition coefficient (Wildman–Crippen LogP) is 3.00. The average Bonchev–Trinajstić information content (AvgIpc) is 2.66. The molecule has 1 aromatic carbocycles. The molecule has 0 aliphatic heterocycles. The molecule has 6 heteroatoms. The van der Waals surface area contributed by atoms with E-state index in [1.54, 1.807) is 19.9 Å². The van der Waals surface area contributed by atoms with Crippen molar-refractivity contribution in [2.24, 2.45) is 0 Å². The van der Waals surface area contributed by atoms with Gasteiger partial charge in [-0.1, -0.05) is 17.7 Å². The fraction of sp³-hybridized carbons (Fsp3) is 0.286. The predicted molar refractivity (Wildman–Crippen MR) is 73.7 cm³/mol. The monoisotopic (exact) mass is 296 g/mol. The van der Waals surface area contributed by atoms with Crippen LogP contribution in [0.4, 0.5) is 4.39 Å². The molecule has 0 bridgehead atoms. The van der Waals surface area contributed by atoms with Crippen LogP contribution >= 0.6 is 11.6 Å². The Labute approximate surface area is 121 Å². The summed E-state index contributed by atoms with van der Waals surface area (Å²) in [6, 6.07) is 4.44. The van der Waals surface area contributed by atoms with Crippen LogP contribution in [0.15, 0.2) is 18.2 Å². The number of ether oxygens (including phenoxy) is 1. The van der Waals surface area contributed by atoms with Crippen LogP contribution in [0.5, 0.6) is 0 Å². The highest BCUT2D eigenvalue weighted by Crippen LogP contribution is 2.26. The summed E-state index contributed by atoms with van der Waals surface area (Å²) in [7, 11) is 1.32. The Morgan fingerprint density at radius 2 is 2.15 bits per heavy atom. The van der Waals surface area contributed by atoms with Crippen molar-refractivity contribution in [2.75, 3.05) is 7.11 Å². The Bertz CT molecular complexity index is 647. The molecule has 0 atom stereocenters. The molecule has 0 fully saturated rings. The van der Waals surface area contributed by atoms with Gasteiger partial charge >= 0.3 is 5.97 Å². The highest BCUT2D eigenvalue weighted by atomic mass is 35.5. The molecular formula is C14H14ClFN2O2. The molecule has 0 radical (unpaired) electrons. The normalized spacial score (nSPS) is 10.7. The van der Waals surface area contributed by atoms with Gasteiger partial charge in [0.1, 0.15) is 11.5 Å². The first kappa shape index (κ1) is 14.5. The minimum atomic E-state index is -0.465. The van der Waals surface area contributed by atoms with E-state index in [9.17, 15) is 9.18 Å². The SMILES string of the molecule is COC(=O)Cc1c(C)nn(-c2c(F)cccc2Cl)c1C. The summed E-state index contributed by atoms with van der Waals surface area (Å²) in [6.07, 6.45) is 0.0975. The maximum absolute atomic E-state index is 13.9. The van der Waals surface area contributed by atoms with Gasteiger partial charge < -0.3 is 4.74 Å². The van der Waals surface area contributed by atoms with E-state index in [1.165, 1.54) is 23.9 Å². The molecule has 0 saturated carbocycles. The lowest BCUT2D eigenvalue weighted by Gasteiger charge is -2.08. The van der Waals surface area contributed by atoms with Crippen LogP contribution in [-0.4, -0.2) is 22.9 Å². The van der Waals surface area contributed by atoms with Gasteiger partial charge in [0.25, 0.3) is 0 Å². The molecule has 20 heavy (non-hydrogen) atoms. The highest BCUT2D eigenvalue weighted by molar-refractivity contribution is 6.32. The molecule has 0 N–H and O–H groups in total. The number of aryl methyl sites for hydroxylation is 1. The van der Waals surface area contributed by atoms with Gasteiger partial charge in [-0.15, -0.1) is 0 Å². The maximum Gasteiger partial charge on any atom is 0.310 e. The van der Waals surface area contributed by atoms with E-state index in [0.717, 1.165) is 5.56 Å². The number of aromatic nitrogens is 2. The largest absolute Gasteiger partial charge is 0.469 e. The van der Waals surface area contributed by atoms with Crippen LogP contribution < -0.4 is 0 Å². The number of carbonyl (C=O) groups excluding carboxylic acids is 1. The number of halogens is 2. The smallest absolute Gasteiger partial charge is 0.310 e. The highest BCUT2D eigenvalue weighted by Gasteiger charge is 2.19.